The summed E-state index contributed by atoms with van der Waals surface area (Å²) in [7, 11) is 0. The Bertz CT molecular complexity index is 134. The van der Waals surface area contributed by atoms with E-state index in [-0.39, 0.29) is 12.7 Å². The van der Waals surface area contributed by atoms with E-state index >= 15 is 0 Å². The first kappa shape index (κ1) is 13.7. The molecular formula is C12H24O2. The van der Waals surface area contributed by atoms with Crippen molar-refractivity contribution >= 4 is 0 Å². The van der Waals surface area contributed by atoms with Crippen LogP contribution in [0.3, 0.4) is 0 Å². The molecule has 0 aliphatic carbocycles. The van der Waals surface area contributed by atoms with Gasteiger partial charge in [0.1, 0.15) is 0 Å². The van der Waals surface area contributed by atoms with E-state index in [2.05, 4.69) is 13.5 Å². The molecule has 2 unspecified atom stereocenters. The van der Waals surface area contributed by atoms with Gasteiger partial charge in [0, 0.05) is 6.61 Å². The second-order valence-electron chi connectivity index (χ2n) is 3.88. The van der Waals surface area contributed by atoms with E-state index in [9.17, 15) is 5.11 Å². The molecule has 0 aromatic carbocycles. The van der Waals surface area contributed by atoms with Crippen LogP contribution in [0.1, 0.15) is 45.4 Å². The zero-order chi connectivity index (χ0) is 10.8. The number of rotatable bonds is 9. The maximum Gasteiger partial charge on any atom is 0.0562 e. The van der Waals surface area contributed by atoms with Crippen LogP contribution in [0.5, 0.6) is 0 Å². The van der Waals surface area contributed by atoms with Gasteiger partial charge in [0.25, 0.3) is 0 Å². The van der Waals surface area contributed by atoms with Crippen molar-refractivity contribution in [3.63, 3.8) is 0 Å². The molecule has 2 atom stereocenters. The first-order valence-electron chi connectivity index (χ1n) is 5.66. The first-order chi connectivity index (χ1) is 6.74. The summed E-state index contributed by atoms with van der Waals surface area (Å²) in [6.45, 7) is 6.07. The van der Waals surface area contributed by atoms with Crippen molar-refractivity contribution in [2.45, 2.75) is 51.6 Å². The highest BCUT2D eigenvalue weighted by molar-refractivity contribution is 4.79. The SMILES string of the molecule is C=CC(CCCC)CCC(O)CCO. The van der Waals surface area contributed by atoms with Crippen molar-refractivity contribution in [1.29, 1.82) is 0 Å². The number of hydrogen-bond donors (Lipinski definition) is 2. The van der Waals surface area contributed by atoms with Gasteiger partial charge in [0.05, 0.1) is 6.10 Å². The molecule has 0 bridgehead atoms. The summed E-state index contributed by atoms with van der Waals surface area (Å²) in [5.41, 5.74) is 0. The molecule has 0 radical (unpaired) electrons. The molecule has 0 saturated carbocycles. The monoisotopic (exact) mass is 200 g/mol. The summed E-state index contributed by atoms with van der Waals surface area (Å²) in [5.74, 6) is 0.531. The number of aliphatic hydroxyl groups is 2. The molecule has 14 heavy (non-hydrogen) atoms. The van der Waals surface area contributed by atoms with Crippen molar-refractivity contribution < 1.29 is 10.2 Å². The molecule has 0 aromatic rings. The standard InChI is InChI=1S/C12H24O2/c1-3-5-6-11(4-2)7-8-12(14)9-10-13/h4,11-14H,2-3,5-10H2,1H3. The van der Waals surface area contributed by atoms with Crippen LogP contribution in [-0.2, 0) is 0 Å². The molecule has 0 heterocycles. The van der Waals surface area contributed by atoms with E-state index in [4.69, 9.17) is 5.11 Å². The largest absolute Gasteiger partial charge is 0.396 e. The molecule has 2 nitrogen and oxygen atoms in total. The summed E-state index contributed by atoms with van der Waals surface area (Å²) in [6, 6.07) is 0. The van der Waals surface area contributed by atoms with E-state index in [0.29, 0.717) is 12.3 Å². The van der Waals surface area contributed by atoms with Crippen molar-refractivity contribution in [3.8, 4) is 0 Å². The highest BCUT2D eigenvalue weighted by Gasteiger charge is 2.08. The number of hydrogen-bond acceptors (Lipinski definition) is 2. The van der Waals surface area contributed by atoms with Crippen LogP contribution in [0, 0.1) is 5.92 Å². The Hall–Kier alpha value is -0.340. The molecular weight excluding hydrogens is 176 g/mol. The van der Waals surface area contributed by atoms with Gasteiger partial charge in [-0.1, -0.05) is 25.8 Å². The first-order valence-corrected chi connectivity index (χ1v) is 5.66. The molecule has 0 aliphatic rings. The Labute approximate surface area is 87.7 Å². The quantitative estimate of drug-likeness (QED) is 0.561. The molecule has 0 aromatic heterocycles. The number of aliphatic hydroxyl groups excluding tert-OH is 2. The van der Waals surface area contributed by atoms with E-state index in [1.165, 1.54) is 19.3 Å². The van der Waals surface area contributed by atoms with Crippen LogP contribution in [0.2, 0.25) is 0 Å². The van der Waals surface area contributed by atoms with Gasteiger partial charge >= 0.3 is 0 Å². The molecule has 2 N–H and O–H groups in total. The van der Waals surface area contributed by atoms with Crippen molar-refractivity contribution in [3.05, 3.63) is 12.7 Å². The van der Waals surface area contributed by atoms with Gasteiger partial charge in [-0.15, -0.1) is 6.58 Å². The van der Waals surface area contributed by atoms with Crippen LogP contribution < -0.4 is 0 Å². The van der Waals surface area contributed by atoms with Gasteiger partial charge in [-0.3, -0.25) is 0 Å². The third-order valence-electron chi connectivity index (χ3n) is 2.59. The van der Waals surface area contributed by atoms with Crippen molar-refractivity contribution in [2.75, 3.05) is 6.61 Å². The highest BCUT2D eigenvalue weighted by atomic mass is 16.3. The molecule has 0 spiro atoms. The Morgan fingerprint density at radius 2 is 1.93 bits per heavy atom. The Morgan fingerprint density at radius 3 is 2.43 bits per heavy atom. The fourth-order valence-corrected chi connectivity index (χ4v) is 1.55. The lowest BCUT2D eigenvalue weighted by atomic mass is 9.95. The van der Waals surface area contributed by atoms with E-state index in [0.717, 1.165) is 12.8 Å². The minimum Gasteiger partial charge on any atom is -0.396 e. The number of allylic oxidation sites excluding steroid dienone is 1. The summed E-state index contributed by atoms with van der Waals surface area (Å²) in [4.78, 5) is 0. The lowest BCUT2D eigenvalue weighted by Crippen LogP contribution is -2.10. The third kappa shape index (κ3) is 7.10. The Balaban J connectivity index is 3.55. The average molecular weight is 200 g/mol. The van der Waals surface area contributed by atoms with Gasteiger partial charge in [0.15, 0.2) is 0 Å². The van der Waals surface area contributed by atoms with Gasteiger partial charge < -0.3 is 10.2 Å². The van der Waals surface area contributed by atoms with Gasteiger partial charge in [-0.25, -0.2) is 0 Å². The predicted molar refractivity (Wildman–Crippen MR) is 60.2 cm³/mol. The maximum absolute atomic E-state index is 9.42. The van der Waals surface area contributed by atoms with Crippen LogP contribution in [0.4, 0.5) is 0 Å². The van der Waals surface area contributed by atoms with E-state index < -0.39 is 0 Å². The minimum absolute atomic E-state index is 0.0783. The fraction of sp³-hybridized carbons (Fsp3) is 0.833. The lowest BCUT2D eigenvalue weighted by Gasteiger charge is -2.14. The Morgan fingerprint density at radius 1 is 1.21 bits per heavy atom. The summed E-state index contributed by atoms with van der Waals surface area (Å²) < 4.78 is 0. The molecule has 0 amide bonds. The van der Waals surface area contributed by atoms with Crippen molar-refractivity contribution in [2.24, 2.45) is 5.92 Å². The molecule has 0 aliphatic heterocycles. The minimum atomic E-state index is -0.343. The second-order valence-corrected chi connectivity index (χ2v) is 3.88. The Kier molecular flexibility index (Phi) is 9.00. The molecule has 0 rings (SSSR count). The summed E-state index contributed by atoms with van der Waals surface area (Å²) in [5, 5.41) is 18.0. The average Bonchev–Trinajstić information content (AvgIpc) is 2.19. The van der Waals surface area contributed by atoms with Gasteiger partial charge in [-0.05, 0) is 31.6 Å². The van der Waals surface area contributed by atoms with Crippen molar-refractivity contribution in [1.82, 2.24) is 0 Å². The van der Waals surface area contributed by atoms with Gasteiger partial charge in [0.2, 0.25) is 0 Å². The van der Waals surface area contributed by atoms with Crippen LogP contribution in [0.25, 0.3) is 0 Å². The summed E-state index contributed by atoms with van der Waals surface area (Å²) >= 11 is 0. The predicted octanol–water partition coefficient (Wildman–Crippen LogP) is 2.50. The van der Waals surface area contributed by atoms with E-state index in [1.54, 1.807) is 0 Å². The van der Waals surface area contributed by atoms with Crippen LogP contribution >= 0.6 is 0 Å². The molecule has 0 fully saturated rings. The smallest absolute Gasteiger partial charge is 0.0562 e. The second kappa shape index (κ2) is 9.22. The molecule has 2 heteroatoms. The third-order valence-corrected chi connectivity index (χ3v) is 2.59. The molecule has 0 saturated heterocycles. The van der Waals surface area contributed by atoms with Gasteiger partial charge in [-0.2, -0.15) is 0 Å². The van der Waals surface area contributed by atoms with E-state index in [1.807, 2.05) is 6.08 Å². The molecule has 84 valence electrons. The zero-order valence-electron chi connectivity index (χ0n) is 9.28. The summed E-state index contributed by atoms with van der Waals surface area (Å²) in [6.07, 6.45) is 7.52. The van der Waals surface area contributed by atoms with Crippen LogP contribution in [0.15, 0.2) is 12.7 Å². The lowest BCUT2D eigenvalue weighted by molar-refractivity contribution is 0.119. The highest BCUT2D eigenvalue weighted by Crippen LogP contribution is 2.17. The topological polar surface area (TPSA) is 40.5 Å². The normalized spacial score (nSPS) is 15.1. The van der Waals surface area contributed by atoms with Crippen LogP contribution in [-0.4, -0.2) is 22.9 Å². The maximum atomic E-state index is 9.42. The zero-order valence-corrected chi connectivity index (χ0v) is 9.28. The fourth-order valence-electron chi connectivity index (χ4n) is 1.55. The number of unbranched alkanes of at least 4 members (excludes halogenated alkanes) is 1.